The van der Waals surface area contributed by atoms with Crippen LogP contribution in [0.25, 0.3) is 10.9 Å². The Labute approximate surface area is 77.2 Å². The summed E-state index contributed by atoms with van der Waals surface area (Å²) in [4.78, 5) is 0. The van der Waals surface area contributed by atoms with E-state index in [1.165, 1.54) is 35.9 Å². The molecule has 66 valence electrons. The lowest BCUT2D eigenvalue weighted by molar-refractivity contribution is 0.682. The third kappa shape index (κ3) is 0.857. The van der Waals surface area contributed by atoms with Gasteiger partial charge >= 0.3 is 0 Å². The van der Waals surface area contributed by atoms with Crippen molar-refractivity contribution in [1.82, 2.24) is 9.78 Å². The molecule has 1 heterocycles. The Morgan fingerprint density at radius 1 is 1.31 bits per heavy atom. The molecule has 0 radical (unpaired) electrons. The smallest absolute Gasteiger partial charge is 0.0928 e. The highest BCUT2D eigenvalue weighted by molar-refractivity contribution is 5.85. The van der Waals surface area contributed by atoms with Gasteiger partial charge in [-0.2, -0.15) is 5.10 Å². The van der Waals surface area contributed by atoms with Crippen LogP contribution in [-0.4, -0.2) is 9.78 Å². The number of nitrogens with zero attached hydrogens (tertiary/aromatic N) is 2. The fraction of sp³-hybridized carbons (Fsp3) is 0.364. The number of aryl methyl sites for hydroxylation is 3. The van der Waals surface area contributed by atoms with E-state index in [9.17, 15) is 0 Å². The minimum Gasteiger partial charge on any atom is -0.271 e. The second kappa shape index (κ2) is 2.34. The van der Waals surface area contributed by atoms with E-state index in [0.29, 0.717) is 0 Å². The topological polar surface area (TPSA) is 17.8 Å². The number of hydrogen-bond donors (Lipinski definition) is 0. The normalized spacial score (nSPS) is 15.2. The summed E-state index contributed by atoms with van der Waals surface area (Å²) >= 11 is 0. The molecule has 0 amide bonds. The van der Waals surface area contributed by atoms with Gasteiger partial charge in [0.25, 0.3) is 0 Å². The number of rotatable bonds is 0. The first kappa shape index (κ1) is 7.13. The quantitative estimate of drug-likeness (QED) is 0.594. The van der Waals surface area contributed by atoms with Gasteiger partial charge in [0.05, 0.1) is 5.52 Å². The van der Waals surface area contributed by atoms with Gasteiger partial charge < -0.3 is 0 Å². The Hall–Kier alpha value is -1.31. The largest absolute Gasteiger partial charge is 0.271 e. The summed E-state index contributed by atoms with van der Waals surface area (Å²) in [5.41, 5.74) is 4.05. The molecule has 0 atom stereocenters. The number of benzene rings is 1. The van der Waals surface area contributed by atoms with Gasteiger partial charge in [0.2, 0.25) is 0 Å². The van der Waals surface area contributed by atoms with Crippen LogP contribution < -0.4 is 0 Å². The van der Waals surface area contributed by atoms with Crippen molar-refractivity contribution >= 4 is 10.9 Å². The first-order valence-corrected chi connectivity index (χ1v) is 4.80. The minimum absolute atomic E-state index is 1.16. The Morgan fingerprint density at radius 3 is 3.15 bits per heavy atom. The Morgan fingerprint density at radius 2 is 2.23 bits per heavy atom. The highest BCUT2D eigenvalue weighted by Gasteiger charge is 2.16. The molecule has 0 bridgehead atoms. The van der Waals surface area contributed by atoms with Crippen molar-refractivity contribution in [1.29, 1.82) is 0 Å². The molecular weight excluding hydrogens is 160 g/mol. The maximum absolute atomic E-state index is 4.50. The zero-order valence-electron chi connectivity index (χ0n) is 7.75. The predicted octanol–water partition coefficient (Wildman–Crippen LogP) is 2.06. The third-order valence-electron chi connectivity index (χ3n) is 2.93. The molecule has 1 aromatic carbocycles. The molecule has 0 aliphatic heterocycles. The van der Waals surface area contributed by atoms with Crippen LogP contribution in [0.15, 0.2) is 18.2 Å². The van der Waals surface area contributed by atoms with E-state index in [0.717, 1.165) is 5.52 Å². The Balaban J connectivity index is 2.51. The fourth-order valence-corrected chi connectivity index (χ4v) is 2.33. The van der Waals surface area contributed by atoms with Crippen molar-refractivity contribution in [3.63, 3.8) is 0 Å². The molecule has 0 saturated heterocycles. The van der Waals surface area contributed by atoms with Crippen LogP contribution in [0.4, 0.5) is 0 Å². The van der Waals surface area contributed by atoms with Crippen LogP contribution in [0.2, 0.25) is 0 Å². The molecule has 2 aromatic rings. The van der Waals surface area contributed by atoms with Gasteiger partial charge in [0.15, 0.2) is 0 Å². The first-order chi connectivity index (χ1) is 6.36. The first-order valence-electron chi connectivity index (χ1n) is 4.80. The Kier molecular flexibility index (Phi) is 1.29. The maximum atomic E-state index is 4.50. The highest BCUT2D eigenvalue weighted by Crippen LogP contribution is 2.28. The summed E-state index contributed by atoms with van der Waals surface area (Å²) in [7, 11) is 2.05. The monoisotopic (exact) mass is 172 g/mol. The zero-order valence-corrected chi connectivity index (χ0v) is 7.75. The van der Waals surface area contributed by atoms with Crippen molar-refractivity contribution in [2.75, 3.05) is 0 Å². The molecule has 0 unspecified atom stereocenters. The van der Waals surface area contributed by atoms with Crippen LogP contribution in [0.5, 0.6) is 0 Å². The van der Waals surface area contributed by atoms with Crippen LogP contribution in [0.1, 0.15) is 17.7 Å². The predicted molar refractivity (Wildman–Crippen MR) is 52.7 cm³/mol. The lowest BCUT2D eigenvalue weighted by atomic mass is 9.95. The van der Waals surface area contributed by atoms with E-state index in [-0.39, 0.29) is 0 Å². The highest BCUT2D eigenvalue weighted by atomic mass is 15.3. The van der Waals surface area contributed by atoms with Crippen LogP contribution in [-0.2, 0) is 19.9 Å². The molecule has 0 saturated carbocycles. The van der Waals surface area contributed by atoms with Gasteiger partial charge in [-0.3, -0.25) is 4.68 Å². The molecule has 1 aliphatic rings. The van der Waals surface area contributed by atoms with E-state index in [1.807, 2.05) is 11.7 Å². The van der Waals surface area contributed by atoms with Gasteiger partial charge in [-0.1, -0.05) is 12.1 Å². The molecule has 1 aliphatic carbocycles. The van der Waals surface area contributed by atoms with Gasteiger partial charge in [-0.15, -0.1) is 0 Å². The van der Waals surface area contributed by atoms with Gasteiger partial charge in [0, 0.05) is 18.1 Å². The van der Waals surface area contributed by atoms with Crippen molar-refractivity contribution < 1.29 is 0 Å². The molecule has 13 heavy (non-hydrogen) atoms. The van der Waals surface area contributed by atoms with Crippen molar-refractivity contribution in [2.45, 2.75) is 19.3 Å². The molecular formula is C11H12N2. The zero-order chi connectivity index (χ0) is 8.84. The van der Waals surface area contributed by atoms with E-state index >= 15 is 0 Å². The van der Waals surface area contributed by atoms with Crippen LogP contribution in [0.3, 0.4) is 0 Å². The summed E-state index contributed by atoms with van der Waals surface area (Å²) in [6.45, 7) is 0. The minimum atomic E-state index is 1.16. The van der Waals surface area contributed by atoms with E-state index in [4.69, 9.17) is 0 Å². The number of hydrogen-bond acceptors (Lipinski definition) is 1. The van der Waals surface area contributed by atoms with Crippen LogP contribution in [0, 0.1) is 0 Å². The second-order valence-electron chi connectivity index (χ2n) is 3.74. The average molecular weight is 172 g/mol. The SMILES string of the molecule is Cn1nc2cccc3c2c1CCC3. The number of aromatic nitrogens is 2. The van der Waals surface area contributed by atoms with E-state index < -0.39 is 0 Å². The van der Waals surface area contributed by atoms with Gasteiger partial charge in [-0.25, -0.2) is 0 Å². The fourth-order valence-electron chi connectivity index (χ4n) is 2.33. The van der Waals surface area contributed by atoms with Crippen LogP contribution >= 0.6 is 0 Å². The van der Waals surface area contributed by atoms with Gasteiger partial charge in [-0.05, 0) is 30.9 Å². The van der Waals surface area contributed by atoms with E-state index in [1.54, 1.807) is 0 Å². The summed E-state index contributed by atoms with van der Waals surface area (Å²) in [6, 6.07) is 6.44. The van der Waals surface area contributed by atoms with Crippen molar-refractivity contribution in [3.05, 3.63) is 29.5 Å². The van der Waals surface area contributed by atoms with E-state index in [2.05, 4.69) is 23.3 Å². The standard InChI is InChI=1S/C11H12N2/c1-13-10-7-3-5-8-4-2-6-9(12-13)11(8)10/h2,4,6H,3,5,7H2,1H3. The van der Waals surface area contributed by atoms with Gasteiger partial charge in [0.1, 0.15) is 0 Å². The molecule has 2 nitrogen and oxygen atoms in total. The summed E-state index contributed by atoms with van der Waals surface area (Å²) in [5, 5.41) is 5.91. The molecule has 1 aromatic heterocycles. The second-order valence-corrected chi connectivity index (χ2v) is 3.74. The maximum Gasteiger partial charge on any atom is 0.0928 e. The molecule has 0 spiro atoms. The summed E-state index contributed by atoms with van der Waals surface area (Å²) in [6.07, 6.45) is 3.67. The Bertz CT molecular complexity index is 468. The molecule has 2 heteroatoms. The van der Waals surface area contributed by atoms with Crippen molar-refractivity contribution in [2.24, 2.45) is 7.05 Å². The average Bonchev–Trinajstić information content (AvgIpc) is 2.47. The lowest BCUT2D eigenvalue weighted by Crippen LogP contribution is -2.03. The molecule has 0 fully saturated rings. The third-order valence-corrected chi connectivity index (χ3v) is 2.93. The molecule has 3 rings (SSSR count). The lowest BCUT2D eigenvalue weighted by Gasteiger charge is -2.11. The van der Waals surface area contributed by atoms with Crippen molar-refractivity contribution in [3.8, 4) is 0 Å². The summed E-state index contributed by atoms with van der Waals surface area (Å²) < 4.78 is 2.04. The summed E-state index contributed by atoms with van der Waals surface area (Å²) in [5.74, 6) is 0. The molecule has 0 N–H and O–H groups in total.